The van der Waals surface area contributed by atoms with Crippen molar-refractivity contribution in [2.45, 2.75) is 13.8 Å². The fraction of sp³-hybridized carbons (Fsp3) is 0.250. The van der Waals surface area contributed by atoms with Crippen LogP contribution in [0.3, 0.4) is 0 Å². The smallest absolute Gasteiger partial charge is 0.154 e. The minimum Gasteiger partial charge on any atom is -0.237 e. The summed E-state index contributed by atoms with van der Waals surface area (Å²) in [7, 11) is 0. The van der Waals surface area contributed by atoms with Gasteiger partial charge in [-0.1, -0.05) is 6.08 Å². The first-order chi connectivity index (χ1) is 4.84. The monoisotopic (exact) mass is 134 g/mol. The second-order valence-electron chi connectivity index (χ2n) is 2.04. The molecule has 0 fully saturated rings. The van der Waals surface area contributed by atoms with Crippen LogP contribution in [0.25, 0.3) is 5.57 Å². The number of hydrogen-bond acceptors (Lipinski definition) is 2. The Bertz CT molecular complexity index is 226. The SMILES string of the molecule is CC=C(C)c1ncccn1. The second-order valence-corrected chi connectivity index (χ2v) is 2.04. The summed E-state index contributed by atoms with van der Waals surface area (Å²) in [5.41, 5.74) is 1.11. The lowest BCUT2D eigenvalue weighted by Gasteiger charge is -1.94. The van der Waals surface area contributed by atoms with Gasteiger partial charge < -0.3 is 0 Å². The number of allylic oxidation sites excluding steroid dienone is 2. The van der Waals surface area contributed by atoms with Gasteiger partial charge in [0.2, 0.25) is 0 Å². The fourth-order valence-electron chi connectivity index (χ4n) is 0.632. The van der Waals surface area contributed by atoms with Gasteiger partial charge in [0.05, 0.1) is 0 Å². The van der Waals surface area contributed by atoms with E-state index in [-0.39, 0.29) is 0 Å². The molecule has 0 aliphatic carbocycles. The van der Waals surface area contributed by atoms with Gasteiger partial charge in [0, 0.05) is 12.4 Å². The minimum atomic E-state index is 0.810. The van der Waals surface area contributed by atoms with E-state index in [0.29, 0.717) is 0 Å². The van der Waals surface area contributed by atoms with E-state index in [1.807, 2.05) is 26.0 Å². The van der Waals surface area contributed by atoms with Crippen LogP contribution in [0.4, 0.5) is 0 Å². The quantitative estimate of drug-likeness (QED) is 0.586. The van der Waals surface area contributed by atoms with Crippen LogP contribution in [-0.4, -0.2) is 9.97 Å². The highest BCUT2D eigenvalue weighted by atomic mass is 14.8. The van der Waals surface area contributed by atoms with Crippen molar-refractivity contribution in [1.29, 1.82) is 0 Å². The van der Waals surface area contributed by atoms with E-state index in [2.05, 4.69) is 9.97 Å². The van der Waals surface area contributed by atoms with Crippen LogP contribution in [0.5, 0.6) is 0 Å². The van der Waals surface area contributed by atoms with Crippen molar-refractivity contribution in [2.75, 3.05) is 0 Å². The van der Waals surface area contributed by atoms with Gasteiger partial charge >= 0.3 is 0 Å². The minimum absolute atomic E-state index is 0.810. The van der Waals surface area contributed by atoms with E-state index in [0.717, 1.165) is 11.4 Å². The van der Waals surface area contributed by atoms with Crippen molar-refractivity contribution < 1.29 is 0 Å². The molecular weight excluding hydrogens is 124 g/mol. The first-order valence-corrected chi connectivity index (χ1v) is 3.25. The first-order valence-electron chi connectivity index (χ1n) is 3.25. The van der Waals surface area contributed by atoms with Crippen LogP contribution in [0.15, 0.2) is 24.5 Å². The van der Waals surface area contributed by atoms with E-state index in [4.69, 9.17) is 0 Å². The molecular formula is C8H10N2. The summed E-state index contributed by atoms with van der Waals surface area (Å²) in [6, 6.07) is 1.81. The Morgan fingerprint density at radius 2 is 2.00 bits per heavy atom. The lowest BCUT2D eigenvalue weighted by Crippen LogP contribution is -1.87. The van der Waals surface area contributed by atoms with Crippen LogP contribution in [0.2, 0.25) is 0 Å². The number of aromatic nitrogens is 2. The maximum absolute atomic E-state index is 4.07. The predicted molar refractivity (Wildman–Crippen MR) is 41.4 cm³/mol. The molecule has 0 N–H and O–H groups in total. The molecule has 0 aromatic carbocycles. The molecule has 0 aliphatic heterocycles. The zero-order chi connectivity index (χ0) is 7.40. The van der Waals surface area contributed by atoms with Crippen molar-refractivity contribution in [1.82, 2.24) is 9.97 Å². The van der Waals surface area contributed by atoms with Crippen LogP contribution in [-0.2, 0) is 0 Å². The Labute approximate surface area is 60.6 Å². The molecule has 10 heavy (non-hydrogen) atoms. The Morgan fingerprint density at radius 1 is 1.40 bits per heavy atom. The second kappa shape index (κ2) is 3.11. The number of nitrogens with zero attached hydrogens (tertiary/aromatic N) is 2. The summed E-state index contributed by atoms with van der Waals surface area (Å²) in [5, 5.41) is 0. The normalized spacial score (nSPS) is 11.6. The summed E-state index contributed by atoms with van der Waals surface area (Å²) in [6.45, 7) is 3.97. The first kappa shape index (κ1) is 6.93. The van der Waals surface area contributed by atoms with E-state index in [1.165, 1.54) is 0 Å². The summed E-state index contributed by atoms with van der Waals surface area (Å²) in [6.07, 6.45) is 5.49. The van der Waals surface area contributed by atoms with Gasteiger partial charge in [0.15, 0.2) is 5.82 Å². The maximum Gasteiger partial charge on any atom is 0.154 e. The highest BCUT2D eigenvalue weighted by Gasteiger charge is 1.92. The molecule has 0 saturated carbocycles. The Balaban J connectivity index is 2.96. The molecule has 1 heterocycles. The van der Waals surface area contributed by atoms with Crippen LogP contribution in [0, 0.1) is 0 Å². The molecule has 1 aromatic rings. The van der Waals surface area contributed by atoms with E-state index < -0.39 is 0 Å². The lowest BCUT2D eigenvalue weighted by molar-refractivity contribution is 1.11. The Kier molecular flexibility index (Phi) is 2.15. The lowest BCUT2D eigenvalue weighted by atomic mass is 10.3. The molecule has 0 saturated heterocycles. The van der Waals surface area contributed by atoms with E-state index >= 15 is 0 Å². The van der Waals surface area contributed by atoms with E-state index in [9.17, 15) is 0 Å². The molecule has 2 heteroatoms. The van der Waals surface area contributed by atoms with Crippen LogP contribution >= 0.6 is 0 Å². The number of hydrogen-bond donors (Lipinski definition) is 0. The third kappa shape index (κ3) is 1.41. The average molecular weight is 134 g/mol. The van der Waals surface area contributed by atoms with Crippen molar-refractivity contribution in [3.8, 4) is 0 Å². The molecule has 0 amide bonds. The maximum atomic E-state index is 4.07. The topological polar surface area (TPSA) is 25.8 Å². The van der Waals surface area contributed by atoms with Crippen LogP contribution < -0.4 is 0 Å². The predicted octanol–water partition coefficient (Wildman–Crippen LogP) is 1.90. The molecule has 0 unspecified atom stereocenters. The van der Waals surface area contributed by atoms with Crippen molar-refractivity contribution >= 4 is 5.57 Å². The molecule has 0 aliphatic rings. The average Bonchev–Trinajstić information content (AvgIpc) is 2.05. The Morgan fingerprint density at radius 3 is 2.50 bits per heavy atom. The van der Waals surface area contributed by atoms with Gasteiger partial charge in [-0.3, -0.25) is 0 Å². The zero-order valence-corrected chi connectivity index (χ0v) is 6.20. The summed E-state index contributed by atoms with van der Waals surface area (Å²) < 4.78 is 0. The van der Waals surface area contributed by atoms with Gasteiger partial charge in [-0.15, -0.1) is 0 Å². The van der Waals surface area contributed by atoms with E-state index in [1.54, 1.807) is 12.4 Å². The molecule has 52 valence electrons. The molecule has 2 nitrogen and oxygen atoms in total. The van der Waals surface area contributed by atoms with Gasteiger partial charge in [0.1, 0.15) is 0 Å². The van der Waals surface area contributed by atoms with Gasteiger partial charge in [-0.2, -0.15) is 0 Å². The van der Waals surface area contributed by atoms with Crippen molar-refractivity contribution in [3.63, 3.8) is 0 Å². The summed E-state index contributed by atoms with van der Waals surface area (Å²) >= 11 is 0. The highest BCUT2D eigenvalue weighted by molar-refractivity contribution is 5.56. The fourth-order valence-corrected chi connectivity index (χ4v) is 0.632. The zero-order valence-electron chi connectivity index (χ0n) is 6.20. The Hall–Kier alpha value is -1.18. The number of rotatable bonds is 1. The van der Waals surface area contributed by atoms with Gasteiger partial charge in [-0.05, 0) is 25.5 Å². The molecule has 0 bridgehead atoms. The van der Waals surface area contributed by atoms with Gasteiger partial charge in [-0.25, -0.2) is 9.97 Å². The van der Waals surface area contributed by atoms with Crippen molar-refractivity contribution in [3.05, 3.63) is 30.4 Å². The van der Waals surface area contributed by atoms with Crippen LogP contribution in [0.1, 0.15) is 19.7 Å². The largest absolute Gasteiger partial charge is 0.237 e. The molecule has 0 atom stereocenters. The standard InChI is InChI=1S/C8H10N2/c1-3-7(2)8-9-5-4-6-10-8/h3-6H,1-2H3. The molecule has 1 rings (SSSR count). The molecule has 1 aromatic heterocycles. The highest BCUT2D eigenvalue weighted by Crippen LogP contribution is 2.04. The summed E-state index contributed by atoms with van der Waals surface area (Å²) in [4.78, 5) is 8.14. The van der Waals surface area contributed by atoms with Gasteiger partial charge in [0.25, 0.3) is 0 Å². The third-order valence-electron chi connectivity index (χ3n) is 1.35. The molecule has 0 spiro atoms. The summed E-state index contributed by atoms with van der Waals surface area (Å²) in [5.74, 6) is 0.810. The van der Waals surface area contributed by atoms with Crippen molar-refractivity contribution in [2.24, 2.45) is 0 Å². The molecule has 0 radical (unpaired) electrons. The third-order valence-corrected chi connectivity index (χ3v) is 1.35.